The Morgan fingerprint density at radius 1 is 1.29 bits per heavy atom. The lowest BCUT2D eigenvalue weighted by molar-refractivity contribution is -0.858. The molecule has 2 rings (SSSR count). The number of nitrogens with zero attached hydrogens (tertiary/aromatic N) is 1. The SMILES string of the molecule is C[NH+](C)CCCNC(=S)NN1C(=O)N[C@](C)(c2ccccc2)C1=O. The number of hydrogen-bond donors (Lipinski definition) is 4. The van der Waals surface area contributed by atoms with Gasteiger partial charge >= 0.3 is 6.03 Å². The summed E-state index contributed by atoms with van der Waals surface area (Å²) in [6.45, 7) is 3.36. The summed E-state index contributed by atoms with van der Waals surface area (Å²) in [6.07, 6.45) is 0.937. The van der Waals surface area contributed by atoms with E-state index in [2.05, 4.69) is 30.2 Å². The van der Waals surface area contributed by atoms with Crippen molar-refractivity contribution in [3.8, 4) is 0 Å². The Hall–Kier alpha value is -2.19. The zero-order chi connectivity index (χ0) is 17.7. The summed E-state index contributed by atoms with van der Waals surface area (Å²) in [5.41, 5.74) is 2.30. The Bertz CT molecular complexity index is 622. The fourth-order valence-electron chi connectivity index (χ4n) is 2.49. The number of carbonyl (C=O) groups is 2. The molecule has 0 unspecified atom stereocenters. The van der Waals surface area contributed by atoms with Crippen LogP contribution < -0.4 is 21.0 Å². The van der Waals surface area contributed by atoms with Crippen LogP contribution in [-0.4, -0.2) is 49.2 Å². The lowest BCUT2D eigenvalue weighted by Crippen LogP contribution is -3.05. The third-order valence-corrected chi connectivity index (χ3v) is 4.13. The van der Waals surface area contributed by atoms with Crippen LogP contribution in [0, 0.1) is 0 Å². The highest BCUT2D eigenvalue weighted by Gasteiger charge is 2.49. The van der Waals surface area contributed by atoms with E-state index in [-0.39, 0.29) is 11.0 Å². The lowest BCUT2D eigenvalue weighted by Gasteiger charge is -2.22. The second-order valence-corrected chi connectivity index (χ2v) is 6.65. The Balaban J connectivity index is 1.96. The van der Waals surface area contributed by atoms with Gasteiger partial charge in [-0.25, -0.2) is 4.79 Å². The van der Waals surface area contributed by atoms with Gasteiger partial charge in [0.25, 0.3) is 5.91 Å². The van der Waals surface area contributed by atoms with Gasteiger partial charge in [-0.05, 0) is 24.7 Å². The zero-order valence-corrected chi connectivity index (χ0v) is 15.0. The second-order valence-electron chi connectivity index (χ2n) is 6.24. The average Bonchev–Trinajstić information content (AvgIpc) is 2.77. The van der Waals surface area contributed by atoms with Crippen molar-refractivity contribution in [2.45, 2.75) is 18.9 Å². The van der Waals surface area contributed by atoms with E-state index in [0.29, 0.717) is 6.54 Å². The van der Waals surface area contributed by atoms with Gasteiger partial charge in [-0.1, -0.05) is 30.3 Å². The van der Waals surface area contributed by atoms with E-state index in [4.69, 9.17) is 12.2 Å². The van der Waals surface area contributed by atoms with E-state index in [1.54, 1.807) is 6.92 Å². The molecule has 0 spiro atoms. The molecule has 1 atom stereocenters. The molecule has 0 bridgehead atoms. The minimum Gasteiger partial charge on any atom is -0.361 e. The second kappa shape index (κ2) is 7.59. The van der Waals surface area contributed by atoms with E-state index >= 15 is 0 Å². The molecule has 0 radical (unpaired) electrons. The summed E-state index contributed by atoms with van der Waals surface area (Å²) >= 11 is 5.16. The molecule has 130 valence electrons. The van der Waals surface area contributed by atoms with E-state index in [9.17, 15) is 9.59 Å². The smallest absolute Gasteiger partial charge is 0.344 e. The maximum absolute atomic E-state index is 12.7. The number of carbonyl (C=O) groups excluding carboxylic acids is 2. The average molecular weight is 350 g/mol. The molecule has 1 saturated heterocycles. The number of nitrogens with one attached hydrogen (secondary N) is 4. The molecule has 1 fully saturated rings. The van der Waals surface area contributed by atoms with Crippen molar-refractivity contribution in [2.24, 2.45) is 0 Å². The predicted octanol–water partition coefficient (Wildman–Crippen LogP) is -0.633. The molecule has 7 nitrogen and oxygen atoms in total. The van der Waals surface area contributed by atoms with Crippen LogP contribution in [0.5, 0.6) is 0 Å². The van der Waals surface area contributed by atoms with Crippen molar-refractivity contribution < 1.29 is 14.5 Å². The molecule has 1 heterocycles. The summed E-state index contributed by atoms with van der Waals surface area (Å²) in [5.74, 6) is -0.388. The predicted molar refractivity (Wildman–Crippen MR) is 95.2 cm³/mol. The summed E-state index contributed by atoms with van der Waals surface area (Å²) in [5, 5.41) is 6.91. The molecule has 1 aromatic rings. The maximum atomic E-state index is 12.7. The van der Waals surface area contributed by atoms with Gasteiger partial charge in [-0.2, -0.15) is 5.01 Å². The number of urea groups is 1. The fourth-order valence-corrected chi connectivity index (χ4v) is 2.69. The van der Waals surface area contributed by atoms with Crippen molar-refractivity contribution >= 4 is 29.3 Å². The first-order valence-corrected chi connectivity index (χ1v) is 8.31. The van der Waals surface area contributed by atoms with Crippen LogP contribution in [0.2, 0.25) is 0 Å². The third-order valence-electron chi connectivity index (χ3n) is 3.89. The maximum Gasteiger partial charge on any atom is 0.344 e. The highest BCUT2D eigenvalue weighted by Crippen LogP contribution is 2.27. The Labute approximate surface area is 147 Å². The minimum atomic E-state index is -1.10. The number of imide groups is 1. The molecule has 0 saturated carbocycles. The van der Waals surface area contributed by atoms with Crippen LogP contribution in [-0.2, 0) is 10.3 Å². The normalized spacial score (nSPS) is 20.2. The first-order chi connectivity index (χ1) is 11.3. The van der Waals surface area contributed by atoms with Crippen molar-refractivity contribution in [1.29, 1.82) is 0 Å². The monoisotopic (exact) mass is 350 g/mol. The van der Waals surface area contributed by atoms with Gasteiger partial charge in [0.2, 0.25) is 0 Å². The molecule has 1 aromatic carbocycles. The fraction of sp³-hybridized carbons (Fsp3) is 0.438. The third kappa shape index (κ3) is 4.01. The van der Waals surface area contributed by atoms with Crippen LogP contribution in [0.15, 0.2) is 30.3 Å². The van der Waals surface area contributed by atoms with Crippen molar-refractivity contribution in [2.75, 3.05) is 27.2 Å². The first-order valence-electron chi connectivity index (χ1n) is 7.90. The summed E-state index contributed by atoms with van der Waals surface area (Å²) in [4.78, 5) is 26.2. The van der Waals surface area contributed by atoms with E-state index in [0.717, 1.165) is 23.5 Å². The number of benzene rings is 1. The number of rotatable bonds is 6. The van der Waals surface area contributed by atoms with Gasteiger partial charge in [0, 0.05) is 13.0 Å². The highest BCUT2D eigenvalue weighted by molar-refractivity contribution is 7.80. The number of quaternary nitrogens is 1. The van der Waals surface area contributed by atoms with Gasteiger partial charge in [-0.15, -0.1) is 0 Å². The van der Waals surface area contributed by atoms with Gasteiger partial charge in [0.05, 0.1) is 20.6 Å². The number of hydrazine groups is 1. The van der Waals surface area contributed by atoms with Crippen molar-refractivity contribution in [3.63, 3.8) is 0 Å². The molecule has 1 aliphatic rings. The van der Waals surface area contributed by atoms with E-state index in [1.165, 1.54) is 4.90 Å². The van der Waals surface area contributed by atoms with E-state index in [1.807, 2.05) is 30.3 Å². The van der Waals surface area contributed by atoms with Gasteiger partial charge in [-0.3, -0.25) is 10.2 Å². The molecule has 8 heteroatoms. The zero-order valence-electron chi connectivity index (χ0n) is 14.2. The summed E-state index contributed by atoms with van der Waals surface area (Å²) in [6, 6.07) is 8.61. The van der Waals surface area contributed by atoms with Crippen LogP contribution >= 0.6 is 12.2 Å². The summed E-state index contributed by atoms with van der Waals surface area (Å²) < 4.78 is 0. The first kappa shape index (κ1) is 18.2. The van der Waals surface area contributed by atoms with E-state index < -0.39 is 11.6 Å². The molecule has 1 aliphatic heterocycles. The molecular formula is C16H24N5O2S+. The lowest BCUT2D eigenvalue weighted by atomic mass is 9.92. The van der Waals surface area contributed by atoms with Crippen LogP contribution in [0.1, 0.15) is 18.9 Å². The summed E-state index contributed by atoms with van der Waals surface area (Å²) in [7, 11) is 4.16. The van der Waals surface area contributed by atoms with Gasteiger partial charge in [0.1, 0.15) is 5.54 Å². The number of thiocarbonyl (C=S) groups is 1. The largest absolute Gasteiger partial charge is 0.361 e. The molecular weight excluding hydrogens is 326 g/mol. The molecule has 3 amide bonds. The number of hydrogen-bond acceptors (Lipinski definition) is 3. The van der Waals surface area contributed by atoms with Crippen LogP contribution in [0.25, 0.3) is 0 Å². The topological polar surface area (TPSA) is 77.9 Å². The Morgan fingerprint density at radius 2 is 1.96 bits per heavy atom. The molecule has 4 N–H and O–H groups in total. The van der Waals surface area contributed by atoms with Gasteiger partial charge < -0.3 is 15.5 Å². The van der Waals surface area contributed by atoms with Crippen molar-refractivity contribution in [3.05, 3.63) is 35.9 Å². The highest BCUT2D eigenvalue weighted by atomic mass is 32.1. The molecule has 0 aromatic heterocycles. The standard InChI is InChI=1S/C16H23N5O2S/c1-16(12-8-5-4-6-9-12)13(22)21(15(23)18-16)19-14(24)17-10-7-11-20(2)3/h4-6,8-9H,7,10-11H2,1-3H3,(H,18,23)(H2,17,19,24)/p+1/t16-/m1/s1. The number of amides is 3. The Morgan fingerprint density at radius 3 is 2.58 bits per heavy atom. The molecule has 24 heavy (non-hydrogen) atoms. The molecule has 0 aliphatic carbocycles. The van der Waals surface area contributed by atoms with Crippen LogP contribution in [0.3, 0.4) is 0 Å². The quantitative estimate of drug-likeness (QED) is 0.312. The Kier molecular flexibility index (Phi) is 5.74. The minimum absolute atomic E-state index is 0.254. The van der Waals surface area contributed by atoms with Crippen molar-refractivity contribution in [1.82, 2.24) is 21.1 Å². The van der Waals surface area contributed by atoms with Crippen LogP contribution in [0.4, 0.5) is 4.79 Å². The van der Waals surface area contributed by atoms with Gasteiger partial charge in [0.15, 0.2) is 5.11 Å².